The molecule has 0 spiro atoms. The zero-order valence-corrected chi connectivity index (χ0v) is 44.7. The first-order valence-corrected chi connectivity index (χ1v) is 27.5. The summed E-state index contributed by atoms with van der Waals surface area (Å²) in [5.74, 6) is 0. The molecule has 3 heterocycles. The summed E-state index contributed by atoms with van der Waals surface area (Å²) in [5, 5.41) is 10.5. The number of benzene rings is 8. The number of aliphatic hydroxyl groups is 1. The van der Waals surface area contributed by atoms with E-state index < -0.39 is 55.5 Å². The van der Waals surface area contributed by atoms with Gasteiger partial charge in [-0.1, -0.05) is 243 Å². The van der Waals surface area contributed by atoms with Crippen LogP contribution in [-0.2, 0) is 85.1 Å². The van der Waals surface area contributed by atoms with Crippen LogP contribution in [0.15, 0.2) is 243 Å². The summed E-state index contributed by atoms with van der Waals surface area (Å²) < 4.78 is 70.5. The van der Waals surface area contributed by atoms with Gasteiger partial charge in [-0.05, 0) is 27.8 Å². The lowest BCUT2D eigenvalue weighted by atomic mass is 9.99. The Hall–Kier alpha value is -6.72. The van der Waals surface area contributed by atoms with Gasteiger partial charge in [-0.2, -0.15) is 0 Å². The molecule has 0 bridgehead atoms. The highest BCUT2D eigenvalue weighted by atomic mass is 16.7. The minimum atomic E-state index is -0.661. The molecular weight excluding hydrogens is 1010 g/mol. The van der Waals surface area contributed by atoms with Crippen LogP contribution < -0.4 is 0 Å². The van der Waals surface area contributed by atoms with Crippen molar-refractivity contribution in [3.8, 4) is 0 Å². The van der Waals surface area contributed by atoms with Crippen molar-refractivity contribution in [3.63, 3.8) is 0 Å². The molecule has 12 heteroatoms. The normalized spacial score (nSPS) is 23.7. The van der Waals surface area contributed by atoms with Crippen LogP contribution in [0.25, 0.3) is 0 Å². The van der Waals surface area contributed by atoms with Crippen LogP contribution in [-0.4, -0.2) is 80.4 Å². The highest BCUT2D eigenvalue weighted by molar-refractivity contribution is 5.21. The molecule has 0 amide bonds. The van der Waals surface area contributed by atoms with E-state index in [0.29, 0.717) is 52.9 Å². The number of aliphatic hydroxyl groups excluding tert-OH is 1. The Labute approximate surface area is 469 Å². The number of hydrogen-bond donors (Lipinski definition) is 1. The molecule has 3 aliphatic rings. The summed E-state index contributed by atoms with van der Waals surface area (Å²) in [4.78, 5) is 0. The van der Waals surface area contributed by atoms with Crippen LogP contribution in [0.3, 0.4) is 0 Å². The second-order valence-electron chi connectivity index (χ2n) is 19.8. The van der Waals surface area contributed by atoms with Gasteiger partial charge in [0.05, 0.1) is 59.5 Å². The fourth-order valence-electron chi connectivity index (χ4n) is 9.83. The second-order valence-corrected chi connectivity index (χ2v) is 19.8. The fourth-order valence-corrected chi connectivity index (χ4v) is 9.83. The number of rotatable bonds is 22. The van der Waals surface area contributed by atoms with Crippen LogP contribution in [0, 0.1) is 0 Å². The van der Waals surface area contributed by atoms with Crippen LogP contribution in [0.5, 0.6) is 0 Å². The maximum atomic E-state index is 10.5. The Morgan fingerprint density at radius 2 is 0.625 bits per heavy atom. The molecule has 0 aliphatic carbocycles. The minimum Gasteiger partial charge on any atom is -0.394 e. The molecule has 3 aliphatic heterocycles. The lowest BCUT2D eigenvalue weighted by Crippen LogP contribution is -2.57. The van der Waals surface area contributed by atoms with Crippen LogP contribution in [0.2, 0.25) is 0 Å². The molecule has 12 nitrogen and oxygen atoms in total. The Morgan fingerprint density at radius 3 is 0.975 bits per heavy atom. The smallest absolute Gasteiger partial charge is 0.184 e. The van der Waals surface area contributed by atoms with Gasteiger partial charge in [-0.25, -0.2) is 0 Å². The van der Waals surface area contributed by atoms with Gasteiger partial charge in [0.1, 0.15) is 48.8 Å². The third-order valence-corrected chi connectivity index (χ3v) is 14.1. The minimum absolute atomic E-state index is 0.242. The summed E-state index contributed by atoms with van der Waals surface area (Å²) in [6, 6.07) is 79.8. The summed E-state index contributed by atoms with van der Waals surface area (Å²) in [5.41, 5.74) is 8.03. The molecule has 3 fully saturated rings. The summed E-state index contributed by atoms with van der Waals surface area (Å²) >= 11 is 0. The van der Waals surface area contributed by atoms with E-state index in [1.54, 1.807) is 0 Å². The van der Waals surface area contributed by atoms with Gasteiger partial charge in [0.2, 0.25) is 0 Å². The molecule has 0 aromatic heterocycles. The summed E-state index contributed by atoms with van der Waals surface area (Å²) in [6.45, 7) is 2.71. The predicted molar refractivity (Wildman–Crippen MR) is 302 cm³/mol. The molecule has 80 heavy (non-hydrogen) atoms. The third-order valence-electron chi connectivity index (χ3n) is 14.1. The third kappa shape index (κ3) is 16.2. The Morgan fingerprint density at radius 1 is 0.338 bits per heavy atom. The standard InChI is InChI=1S/C34H34O6.C34H36O6/c1-5-13-25(14-6-1)21-35-29-23-37-33(27-17-9-3-10-18-27)39-31(29)32-30(36-22-26-15-7-2-8-16-26)24-38-34(40-32)28-19-11-4-12-20-28;35-21-30(36-22-26-13-5-1-6-14-26)32(38-24-28-17-9-3-10-18-28)33-31(37-23-27-15-7-2-8-16-27)25-39-34(40-33)29-19-11-4-12-20-29/h1-20,29-34H,21-24H2;1-20,30-35H,21-25H2/t29-,30-,31?,32?,33+,34+;30-,31-,32?,33?,34+/m00/s1. The fraction of sp³-hybridized carbons (Fsp3) is 0.294. The summed E-state index contributed by atoms with van der Waals surface area (Å²) in [7, 11) is 0. The van der Waals surface area contributed by atoms with Gasteiger partial charge in [0.15, 0.2) is 18.9 Å². The van der Waals surface area contributed by atoms with E-state index >= 15 is 0 Å². The molecule has 8 aromatic rings. The lowest BCUT2D eigenvalue weighted by Gasteiger charge is -2.45. The predicted octanol–water partition coefficient (Wildman–Crippen LogP) is 12.2. The topological polar surface area (TPSA) is 122 Å². The number of hydrogen-bond acceptors (Lipinski definition) is 12. The van der Waals surface area contributed by atoms with E-state index in [2.05, 4.69) is 24.3 Å². The van der Waals surface area contributed by atoms with Crippen molar-refractivity contribution in [1.29, 1.82) is 0 Å². The SMILES string of the molecule is OC[C@H](OCc1ccccc1)C(OCc1ccccc1)C1O[C@H](c2ccccc2)OC[C@@H]1OCc1ccccc1.c1ccc(CO[C@H]2CO[C@@H](c3ccccc3)OC2C2O[C@H](c3ccccc3)OC[C@@H]2OCc2ccccc2)cc1. The second kappa shape index (κ2) is 30.2. The monoisotopic (exact) mass is 1080 g/mol. The van der Waals surface area contributed by atoms with Crippen molar-refractivity contribution in [3.05, 3.63) is 287 Å². The van der Waals surface area contributed by atoms with E-state index in [-0.39, 0.29) is 18.8 Å². The van der Waals surface area contributed by atoms with E-state index in [9.17, 15) is 5.11 Å². The highest BCUT2D eigenvalue weighted by Gasteiger charge is 2.47. The molecule has 11 atom stereocenters. The van der Waals surface area contributed by atoms with Gasteiger partial charge >= 0.3 is 0 Å². The maximum Gasteiger partial charge on any atom is 0.184 e. The summed E-state index contributed by atoms with van der Waals surface area (Å²) in [6.07, 6.45) is -5.66. The number of ether oxygens (including phenoxy) is 11. The van der Waals surface area contributed by atoms with Gasteiger partial charge in [-0.3, -0.25) is 0 Å². The van der Waals surface area contributed by atoms with Crippen LogP contribution in [0.4, 0.5) is 0 Å². The molecule has 1 N–H and O–H groups in total. The van der Waals surface area contributed by atoms with E-state index in [4.69, 9.17) is 52.1 Å². The molecular formula is C68H70O12. The highest BCUT2D eigenvalue weighted by Crippen LogP contribution is 2.38. The molecule has 0 saturated carbocycles. The Balaban J connectivity index is 0.000000180. The maximum absolute atomic E-state index is 10.5. The van der Waals surface area contributed by atoms with Crippen molar-refractivity contribution >= 4 is 0 Å². The molecule has 11 rings (SSSR count). The first-order chi connectivity index (χ1) is 39.6. The van der Waals surface area contributed by atoms with Gasteiger partial charge in [-0.15, -0.1) is 0 Å². The quantitative estimate of drug-likeness (QED) is 0.0695. The van der Waals surface area contributed by atoms with Gasteiger partial charge in [0.25, 0.3) is 0 Å². The van der Waals surface area contributed by atoms with Crippen LogP contribution >= 0.6 is 0 Å². The van der Waals surface area contributed by atoms with Crippen molar-refractivity contribution in [2.45, 2.75) is 101 Å². The van der Waals surface area contributed by atoms with Crippen molar-refractivity contribution in [2.24, 2.45) is 0 Å². The van der Waals surface area contributed by atoms with Gasteiger partial charge < -0.3 is 57.2 Å². The molecule has 8 aromatic carbocycles. The van der Waals surface area contributed by atoms with E-state index in [0.717, 1.165) is 44.5 Å². The lowest BCUT2D eigenvalue weighted by molar-refractivity contribution is -0.341. The van der Waals surface area contributed by atoms with Gasteiger partial charge in [0, 0.05) is 16.7 Å². The molecule has 3 saturated heterocycles. The largest absolute Gasteiger partial charge is 0.394 e. The molecule has 0 radical (unpaired) electrons. The van der Waals surface area contributed by atoms with Crippen molar-refractivity contribution in [1.82, 2.24) is 0 Å². The van der Waals surface area contributed by atoms with Crippen molar-refractivity contribution in [2.75, 3.05) is 26.4 Å². The van der Waals surface area contributed by atoms with E-state index in [1.807, 2.05) is 218 Å². The first kappa shape index (κ1) is 56.6. The Kier molecular flexibility index (Phi) is 21.3. The average molecular weight is 1080 g/mol. The molecule has 414 valence electrons. The average Bonchev–Trinajstić information content (AvgIpc) is 3.56. The zero-order chi connectivity index (χ0) is 54.4. The van der Waals surface area contributed by atoms with E-state index in [1.165, 1.54) is 0 Å². The first-order valence-electron chi connectivity index (χ1n) is 27.5. The Bertz CT molecular complexity index is 2610. The van der Waals surface area contributed by atoms with Crippen LogP contribution in [0.1, 0.15) is 63.4 Å². The molecule has 4 unspecified atom stereocenters. The zero-order valence-electron chi connectivity index (χ0n) is 44.7. The van der Waals surface area contributed by atoms with Crippen molar-refractivity contribution < 1.29 is 57.2 Å².